The Morgan fingerprint density at radius 2 is 1.97 bits per heavy atom. The number of methoxy groups -OCH3 is 1. The summed E-state index contributed by atoms with van der Waals surface area (Å²) >= 11 is 0. The Bertz CT molecular complexity index is 906. The number of ether oxygens (including phenoxy) is 2. The number of carbonyl (C=O) groups is 2. The van der Waals surface area contributed by atoms with E-state index in [-0.39, 0.29) is 17.7 Å². The van der Waals surface area contributed by atoms with E-state index in [1.165, 1.54) is 0 Å². The minimum atomic E-state index is -0.543. The molecule has 0 saturated heterocycles. The monoisotopic (exact) mass is 394 g/mol. The molecule has 1 atom stereocenters. The highest BCUT2D eigenvalue weighted by Crippen LogP contribution is 2.32. The number of hydrogen-bond acceptors (Lipinski definition) is 4. The molecule has 2 aromatic carbocycles. The van der Waals surface area contributed by atoms with E-state index in [9.17, 15) is 9.59 Å². The van der Waals surface area contributed by atoms with Crippen molar-refractivity contribution in [1.82, 2.24) is 4.90 Å². The molecule has 2 amide bonds. The van der Waals surface area contributed by atoms with Gasteiger partial charge in [0.05, 0.1) is 7.11 Å². The molecule has 1 aliphatic carbocycles. The summed E-state index contributed by atoms with van der Waals surface area (Å²) in [5, 5.41) is 2.97. The van der Waals surface area contributed by atoms with Crippen LogP contribution in [0.3, 0.4) is 0 Å². The Balaban J connectivity index is 1.48. The third kappa shape index (κ3) is 4.53. The maximum atomic E-state index is 12.8. The first kappa shape index (κ1) is 19.3. The van der Waals surface area contributed by atoms with Gasteiger partial charge in [-0.3, -0.25) is 9.59 Å². The number of anilines is 1. The number of fused-ring (bicyclic) bond motifs is 1. The second-order valence-electron chi connectivity index (χ2n) is 7.70. The predicted octanol–water partition coefficient (Wildman–Crippen LogP) is 3.40. The lowest BCUT2D eigenvalue weighted by atomic mass is 10.1. The maximum absolute atomic E-state index is 12.8. The first-order valence-corrected chi connectivity index (χ1v) is 10.1. The average Bonchev–Trinajstić information content (AvgIpc) is 3.58. The lowest BCUT2D eigenvalue weighted by Crippen LogP contribution is -2.39. The summed E-state index contributed by atoms with van der Waals surface area (Å²) in [5.41, 5.74) is 2.80. The Kier molecular flexibility index (Phi) is 5.43. The Morgan fingerprint density at radius 1 is 1.21 bits per heavy atom. The fourth-order valence-electron chi connectivity index (χ4n) is 3.51. The quantitative estimate of drug-likeness (QED) is 0.815. The molecule has 6 nitrogen and oxygen atoms in total. The molecule has 6 heteroatoms. The Labute approximate surface area is 170 Å². The van der Waals surface area contributed by atoms with Crippen LogP contribution in [0.4, 0.5) is 5.69 Å². The SMILES string of the molecule is COc1ccc(CCN2Cc3cc(NC(=O)C4CC4)ccc3OC(C)C2=O)cc1. The lowest BCUT2D eigenvalue weighted by Gasteiger charge is -2.22. The van der Waals surface area contributed by atoms with E-state index < -0.39 is 6.10 Å². The van der Waals surface area contributed by atoms with Crippen molar-refractivity contribution in [1.29, 1.82) is 0 Å². The molecule has 0 aromatic heterocycles. The highest BCUT2D eigenvalue weighted by Gasteiger charge is 2.30. The molecule has 1 heterocycles. The van der Waals surface area contributed by atoms with Crippen LogP contribution in [0.2, 0.25) is 0 Å². The molecule has 2 aromatic rings. The van der Waals surface area contributed by atoms with Crippen molar-refractivity contribution in [2.24, 2.45) is 5.92 Å². The molecule has 0 spiro atoms. The Hall–Kier alpha value is -3.02. The van der Waals surface area contributed by atoms with Gasteiger partial charge in [0.2, 0.25) is 5.91 Å². The number of benzene rings is 2. The molecule has 1 saturated carbocycles. The highest BCUT2D eigenvalue weighted by molar-refractivity contribution is 5.94. The van der Waals surface area contributed by atoms with Gasteiger partial charge in [0.1, 0.15) is 11.5 Å². The van der Waals surface area contributed by atoms with E-state index in [0.29, 0.717) is 18.8 Å². The van der Waals surface area contributed by atoms with E-state index in [1.807, 2.05) is 47.4 Å². The van der Waals surface area contributed by atoms with E-state index >= 15 is 0 Å². The zero-order valence-corrected chi connectivity index (χ0v) is 16.8. The van der Waals surface area contributed by atoms with Crippen LogP contribution >= 0.6 is 0 Å². The fourth-order valence-corrected chi connectivity index (χ4v) is 3.51. The summed E-state index contributed by atoms with van der Waals surface area (Å²) < 4.78 is 11.1. The third-order valence-corrected chi connectivity index (χ3v) is 5.43. The number of amides is 2. The van der Waals surface area contributed by atoms with Gasteiger partial charge in [-0.2, -0.15) is 0 Å². The first-order chi connectivity index (χ1) is 14.0. The van der Waals surface area contributed by atoms with Gasteiger partial charge >= 0.3 is 0 Å². The summed E-state index contributed by atoms with van der Waals surface area (Å²) in [6, 6.07) is 13.5. The number of rotatable bonds is 6. The van der Waals surface area contributed by atoms with E-state index in [2.05, 4.69) is 5.32 Å². The fraction of sp³-hybridized carbons (Fsp3) is 0.391. The number of carbonyl (C=O) groups excluding carboxylic acids is 2. The van der Waals surface area contributed by atoms with E-state index in [1.54, 1.807) is 14.0 Å². The van der Waals surface area contributed by atoms with Crippen LogP contribution in [0, 0.1) is 5.92 Å². The second kappa shape index (κ2) is 8.15. The zero-order valence-electron chi connectivity index (χ0n) is 16.8. The van der Waals surface area contributed by atoms with E-state index in [4.69, 9.17) is 9.47 Å². The van der Waals surface area contributed by atoms with Crippen LogP contribution in [-0.2, 0) is 22.6 Å². The van der Waals surface area contributed by atoms with Crippen molar-refractivity contribution in [3.63, 3.8) is 0 Å². The summed E-state index contributed by atoms with van der Waals surface area (Å²) in [6.07, 6.45) is 2.13. The van der Waals surface area contributed by atoms with Crippen molar-refractivity contribution in [2.45, 2.75) is 38.8 Å². The predicted molar refractivity (Wildman–Crippen MR) is 110 cm³/mol. The lowest BCUT2D eigenvalue weighted by molar-refractivity contribution is -0.137. The van der Waals surface area contributed by atoms with Crippen LogP contribution < -0.4 is 14.8 Å². The van der Waals surface area contributed by atoms with Gasteiger partial charge in [-0.1, -0.05) is 12.1 Å². The van der Waals surface area contributed by atoms with Crippen molar-refractivity contribution >= 4 is 17.5 Å². The van der Waals surface area contributed by atoms with Gasteiger partial charge in [0.25, 0.3) is 5.91 Å². The Morgan fingerprint density at radius 3 is 2.66 bits per heavy atom. The van der Waals surface area contributed by atoms with Crippen LogP contribution in [0.5, 0.6) is 11.5 Å². The minimum Gasteiger partial charge on any atom is -0.497 e. The standard InChI is InChI=1S/C23H26N2O4/c1-15-23(27)25(12-11-16-3-8-20(28-2)9-4-16)14-18-13-19(7-10-21(18)29-15)24-22(26)17-5-6-17/h3-4,7-10,13,15,17H,5-6,11-12,14H2,1-2H3,(H,24,26). The minimum absolute atomic E-state index is 0.0294. The first-order valence-electron chi connectivity index (χ1n) is 10.1. The van der Waals surface area contributed by atoms with Gasteiger partial charge in [0.15, 0.2) is 6.10 Å². The molecule has 1 N–H and O–H groups in total. The highest BCUT2D eigenvalue weighted by atomic mass is 16.5. The summed E-state index contributed by atoms with van der Waals surface area (Å²) in [4.78, 5) is 26.7. The molecule has 1 aliphatic heterocycles. The summed E-state index contributed by atoms with van der Waals surface area (Å²) in [6.45, 7) is 2.83. The van der Waals surface area contributed by atoms with Gasteiger partial charge in [-0.15, -0.1) is 0 Å². The molecule has 0 radical (unpaired) electrons. The van der Waals surface area contributed by atoms with Gasteiger partial charge in [0, 0.05) is 30.3 Å². The smallest absolute Gasteiger partial charge is 0.263 e. The second-order valence-corrected chi connectivity index (χ2v) is 7.70. The van der Waals surface area contributed by atoms with Gasteiger partial charge in [-0.25, -0.2) is 0 Å². The number of nitrogens with one attached hydrogen (secondary N) is 1. The maximum Gasteiger partial charge on any atom is 0.263 e. The number of hydrogen-bond donors (Lipinski definition) is 1. The topological polar surface area (TPSA) is 67.9 Å². The molecule has 152 valence electrons. The van der Waals surface area contributed by atoms with Crippen LogP contribution in [0.25, 0.3) is 0 Å². The summed E-state index contributed by atoms with van der Waals surface area (Å²) in [5.74, 6) is 1.70. The molecule has 1 unspecified atom stereocenters. The molecule has 0 bridgehead atoms. The van der Waals surface area contributed by atoms with Crippen LogP contribution in [0.15, 0.2) is 42.5 Å². The zero-order chi connectivity index (χ0) is 20.4. The normalized spacial score (nSPS) is 18.5. The molecular weight excluding hydrogens is 368 g/mol. The summed E-state index contributed by atoms with van der Waals surface area (Å²) in [7, 11) is 1.64. The van der Waals surface area contributed by atoms with E-state index in [0.717, 1.165) is 41.8 Å². The van der Waals surface area contributed by atoms with Crippen LogP contribution in [0.1, 0.15) is 30.9 Å². The van der Waals surface area contributed by atoms with Crippen LogP contribution in [-0.4, -0.2) is 36.5 Å². The van der Waals surface area contributed by atoms with Crippen molar-refractivity contribution in [3.05, 3.63) is 53.6 Å². The van der Waals surface area contributed by atoms with Crippen molar-refractivity contribution in [2.75, 3.05) is 19.0 Å². The number of nitrogens with zero attached hydrogens (tertiary/aromatic N) is 1. The van der Waals surface area contributed by atoms with Gasteiger partial charge in [-0.05, 0) is 62.1 Å². The van der Waals surface area contributed by atoms with Gasteiger partial charge < -0.3 is 19.7 Å². The molecule has 2 aliphatic rings. The van der Waals surface area contributed by atoms with Crippen molar-refractivity contribution < 1.29 is 19.1 Å². The average molecular weight is 394 g/mol. The van der Waals surface area contributed by atoms with Crippen molar-refractivity contribution in [3.8, 4) is 11.5 Å². The molecular formula is C23H26N2O4. The largest absolute Gasteiger partial charge is 0.497 e. The molecule has 4 rings (SSSR count). The molecule has 29 heavy (non-hydrogen) atoms. The third-order valence-electron chi connectivity index (χ3n) is 5.43. The molecule has 1 fully saturated rings.